The first-order valence-electron chi connectivity index (χ1n) is 3.82. The van der Waals surface area contributed by atoms with Crippen LogP contribution >= 0.6 is 15.9 Å². The number of aromatic nitrogens is 1. The lowest BCUT2D eigenvalue weighted by Gasteiger charge is -1.95. The van der Waals surface area contributed by atoms with Crippen LogP contribution in [0.5, 0.6) is 0 Å². The minimum Gasteiger partial charge on any atom is -0.260 e. The molecule has 0 amide bonds. The van der Waals surface area contributed by atoms with E-state index in [1.54, 1.807) is 6.20 Å². The average molecular weight is 223 g/mol. The van der Waals surface area contributed by atoms with E-state index < -0.39 is 0 Å². The van der Waals surface area contributed by atoms with Crippen LogP contribution in [-0.4, -0.2) is 4.98 Å². The number of hydrogen-bond acceptors (Lipinski definition) is 2. The van der Waals surface area contributed by atoms with E-state index in [4.69, 9.17) is 5.26 Å². The smallest absolute Gasteiger partial charge is 0.0663 e. The number of rotatable bonds is 1. The second-order valence-electron chi connectivity index (χ2n) is 2.98. The average Bonchev–Trinajstić information content (AvgIpc) is 2.85. The normalized spacial score (nSPS) is 26.3. The van der Waals surface area contributed by atoms with Gasteiger partial charge in [0, 0.05) is 22.3 Å². The highest BCUT2D eigenvalue weighted by Crippen LogP contribution is 2.45. The Morgan fingerprint density at radius 2 is 2.42 bits per heavy atom. The molecule has 1 aromatic rings. The molecule has 3 heteroatoms. The zero-order valence-corrected chi connectivity index (χ0v) is 7.95. The zero-order chi connectivity index (χ0) is 8.55. The van der Waals surface area contributed by atoms with Crippen LogP contribution in [0.25, 0.3) is 0 Å². The van der Waals surface area contributed by atoms with E-state index in [1.165, 1.54) is 0 Å². The highest BCUT2D eigenvalue weighted by Gasteiger charge is 2.39. The van der Waals surface area contributed by atoms with Crippen molar-refractivity contribution in [2.24, 2.45) is 5.92 Å². The van der Waals surface area contributed by atoms with Gasteiger partial charge in [0.05, 0.1) is 12.0 Å². The van der Waals surface area contributed by atoms with Gasteiger partial charge in [-0.3, -0.25) is 4.98 Å². The SMILES string of the molecule is N#CC1CC1c1ccc(Br)cn1. The van der Waals surface area contributed by atoms with E-state index in [0.29, 0.717) is 5.92 Å². The highest BCUT2D eigenvalue weighted by atomic mass is 79.9. The van der Waals surface area contributed by atoms with Crippen LogP contribution < -0.4 is 0 Å². The fourth-order valence-electron chi connectivity index (χ4n) is 1.27. The standard InChI is InChI=1S/C9H7BrN2/c10-7-1-2-9(12-5-7)8-3-6(8)4-11/h1-2,5-6,8H,3H2. The van der Waals surface area contributed by atoms with E-state index >= 15 is 0 Å². The Morgan fingerprint density at radius 1 is 1.58 bits per heavy atom. The number of pyridine rings is 1. The van der Waals surface area contributed by atoms with E-state index in [-0.39, 0.29) is 5.92 Å². The summed E-state index contributed by atoms with van der Waals surface area (Å²) in [5.74, 6) is 0.599. The summed E-state index contributed by atoms with van der Waals surface area (Å²) in [4.78, 5) is 4.24. The van der Waals surface area contributed by atoms with Crippen LogP contribution in [0.4, 0.5) is 0 Å². The molecule has 0 saturated heterocycles. The first kappa shape index (κ1) is 7.75. The van der Waals surface area contributed by atoms with Crippen molar-refractivity contribution in [2.45, 2.75) is 12.3 Å². The predicted octanol–water partition coefficient (Wildman–Crippen LogP) is 2.47. The molecule has 0 N–H and O–H groups in total. The maximum absolute atomic E-state index is 8.61. The minimum absolute atomic E-state index is 0.207. The molecule has 1 aliphatic carbocycles. The van der Waals surface area contributed by atoms with Crippen molar-refractivity contribution in [3.05, 3.63) is 28.5 Å². The lowest BCUT2D eigenvalue weighted by Crippen LogP contribution is -1.86. The Labute approximate surface area is 79.4 Å². The maximum Gasteiger partial charge on any atom is 0.0663 e. The molecule has 0 aromatic carbocycles. The first-order valence-corrected chi connectivity index (χ1v) is 4.61. The summed E-state index contributed by atoms with van der Waals surface area (Å²) in [6, 6.07) is 6.20. The molecule has 0 spiro atoms. The van der Waals surface area contributed by atoms with Crippen molar-refractivity contribution in [1.29, 1.82) is 5.26 Å². The van der Waals surface area contributed by atoms with Crippen molar-refractivity contribution >= 4 is 15.9 Å². The van der Waals surface area contributed by atoms with Crippen molar-refractivity contribution < 1.29 is 0 Å². The van der Waals surface area contributed by atoms with Crippen molar-refractivity contribution in [2.75, 3.05) is 0 Å². The summed E-state index contributed by atoms with van der Waals surface area (Å²) < 4.78 is 0.986. The van der Waals surface area contributed by atoms with Gasteiger partial charge in [-0.05, 0) is 34.5 Å². The molecular formula is C9H7BrN2. The molecule has 1 aliphatic rings. The van der Waals surface area contributed by atoms with E-state index in [2.05, 4.69) is 27.0 Å². The summed E-state index contributed by atoms with van der Waals surface area (Å²) in [6.07, 6.45) is 2.76. The van der Waals surface area contributed by atoms with E-state index in [9.17, 15) is 0 Å². The molecule has 1 saturated carbocycles. The second-order valence-corrected chi connectivity index (χ2v) is 3.89. The van der Waals surface area contributed by atoms with Crippen LogP contribution in [0.3, 0.4) is 0 Å². The van der Waals surface area contributed by atoms with Gasteiger partial charge in [-0.1, -0.05) is 0 Å². The maximum atomic E-state index is 8.61. The van der Waals surface area contributed by atoms with Gasteiger partial charge in [-0.2, -0.15) is 5.26 Å². The quantitative estimate of drug-likeness (QED) is 0.733. The molecule has 1 fully saturated rings. The molecule has 0 aliphatic heterocycles. The van der Waals surface area contributed by atoms with Gasteiger partial charge in [0.2, 0.25) is 0 Å². The number of nitrogens with zero attached hydrogens (tertiary/aromatic N) is 2. The number of halogens is 1. The van der Waals surface area contributed by atoms with Gasteiger partial charge in [0.15, 0.2) is 0 Å². The molecule has 1 aromatic heterocycles. The van der Waals surface area contributed by atoms with Crippen molar-refractivity contribution in [1.82, 2.24) is 4.98 Å². The zero-order valence-electron chi connectivity index (χ0n) is 6.37. The largest absolute Gasteiger partial charge is 0.260 e. The summed E-state index contributed by atoms with van der Waals surface area (Å²) in [5.41, 5.74) is 1.05. The van der Waals surface area contributed by atoms with E-state index in [0.717, 1.165) is 16.6 Å². The number of nitriles is 1. The fourth-order valence-corrected chi connectivity index (χ4v) is 1.51. The van der Waals surface area contributed by atoms with Crippen LogP contribution in [0.2, 0.25) is 0 Å². The second kappa shape index (κ2) is 2.87. The first-order chi connectivity index (χ1) is 5.81. The summed E-state index contributed by atoms with van der Waals surface area (Å²) in [5, 5.41) is 8.61. The van der Waals surface area contributed by atoms with Gasteiger partial charge < -0.3 is 0 Å². The molecule has 0 radical (unpaired) electrons. The van der Waals surface area contributed by atoms with Crippen LogP contribution in [-0.2, 0) is 0 Å². The third kappa shape index (κ3) is 1.35. The van der Waals surface area contributed by atoms with Crippen molar-refractivity contribution in [3.8, 4) is 6.07 Å². The third-order valence-electron chi connectivity index (χ3n) is 2.09. The van der Waals surface area contributed by atoms with Crippen LogP contribution in [0.1, 0.15) is 18.0 Å². The minimum atomic E-state index is 0.207. The Morgan fingerprint density at radius 3 is 2.92 bits per heavy atom. The molecule has 60 valence electrons. The number of hydrogen-bond donors (Lipinski definition) is 0. The Balaban J connectivity index is 2.17. The lowest BCUT2D eigenvalue weighted by atomic mass is 10.2. The molecule has 1 heterocycles. The van der Waals surface area contributed by atoms with Gasteiger partial charge in [0.25, 0.3) is 0 Å². The molecule has 2 unspecified atom stereocenters. The van der Waals surface area contributed by atoms with Gasteiger partial charge in [-0.25, -0.2) is 0 Å². The molecular weight excluding hydrogens is 216 g/mol. The summed E-state index contributed by atoms with van der Waals surface area (Å²) in [6.45, 7) is 0. The van der Waals surface area contributed by atoms with Gasteiger partial charge in [0.1, 0.15) is 0 Å². The summed E-state index contributed by atoms with van der Waals surface area (Å²) in [7, 11) is 0. The van der Waals surface area contributed by atoms with Crippen LogP contribution in [0, 0.1) is 17.2 Å². The molecule has 2 nitrogen and oxygen atoms in total. The van der Waals surface area contributed by atoms with Crippen molar-refractivity contribution in [3.63, 3.8) is 0 Å². The van der Waals surface area contributed by atoms with Crippen LogP contribution in [0.15, 0.2) is 22.8 Å². The fraction of sp³-hybridized carbons (Fsp3) is 0.333. The summed E-state index contributed by atoms with van der Waals surface area (Å²) >= 11 is 3.32. The van der Waals surface area contributed by atoms with E-state index in [1.807, 2.05) is 12.1 Å². The molecule has 12 heavy (non-hydrogen) atoms. The van der Waals surface area contributed by atoms with Gasteiger partial charge >= 0.3 is 0 Å². The molecule has 2 rings (SSSR count). The highest BCUT2D eigenvalue weighted by molar-refractivity contribution is 9.10. The predicted molar refractivity (Wildman–Crippen MR) is 48.4 cm³/mol. The molecule has 2 atom stereocenters. The lowest BCUT2D eigenvalue weighted by molar-refractivity contribution is 0.959. The Kier molecular flexibility index (Phi) is 1.86. The Bertz CT molecular complexity index is 325. The third-order valence-corrected chi connectivity index (χ3v) is 2.56. The Hall–Kier alpha value is -0.880. The van der Waals surface area contributed by atoms with Gasteiger partial charge in [-0.15, -0.1) is 0 Å². The topological polar surface area (TPSA) is 36.7 Å². The molecule has 0 bridgehead atoms. The monoisotopic (exact) mass is 222 g/mol.